The summed E-state index contributed by atoms with van der Waals surface area (Å²) >= 11 is 0. The second-order valence-corrected chi connectivity index (χ2v) is 5.49. The van der Waals surface area contributed by atoms with E-state index in [9.17, 15) is 14.9 Å². The number of nitrogens with one attached hydrogen (secondary N) is 1. The Hall–Kier alpha value is -4.18. The molecule has 10 heteroatoms. The van der Waals surface area contributed by atoms with E-state index in [0.29, 0.717) is 31.5 Å². The Bertz CT molecular complexity index is 918. The van der Waals surface area contributed by atoms with Crippen molar-refractivity contribution in [3.63, 3.8) is 0 Å². The first-order valence-electron chi connectivity index (χ1n) is 8.21. The zero-order valence-electron chi connectivity index (χ0n) is 14.7. The van der Waals surface area contributed by atoms with Crippen LogP contribution in [0, 0.1) is 32.8 Å². The Balaban J connectivity index is 1.96. The molecule has 0 spiro atoms. The van der Waals surface area contributed by atoms with Crippen LogP contribution in [0.2, 0.25) is 0 Å². The molecule has 1 aromatic heterocycles. The van der Waals surface area contributed by atoms with Crippen LogP contribution in [0.1, 0.15) is 29.0 Å². The summed E-state index contributed by atoms with van der Waals surface area (Å²) in [6.45, 7) is 1.05. The summed E-state index contributed by atoms with van der Waals surface area (Å²) in [5.74, 6) is -1.45. The van der Waals surface area contributed by atoms with E-state index in [-0.39, 0.29) is 5.76 Å². The standard InChI is InChI=1S/C18H16N6O4/c19-9-1-11-23(12-2-10-20)15-5-3-14(4-6-15)13-21-22-18(25)16-7-8-17(28-16)24(26)27/h3-8,13H,1-2,11-12H2,(H,22,25). The van der Waals surface area contributed by atoms with Crippen LogP contribution in [0.5, 0.6) is 0 Å². The summed E-state index contributed by atoms with van der Waals surface area (Å²) < 4.78 is 4.78. The minimum Gasteiger partial charge on any atom is -0.395 e. The van der Waals surface area contributed by atoms with Gasteiger partial charge in [-0.05, 0) is 23.8 Å². The Labute approximate surface area is 160 Å². The molecule has 0 atom stereocenters. The van der Waals surface area contributed by atoms with Gasteiger partial charge in [0.15, 0.2) is 0 Å². The number of anilines is 1. The van der Waals surface area contributed by atoms with Crippen molar-refractivity contribution in [1.29, 1.82) is 10.5 Å². The van der Waals surface area contributed by atoms with Crippen LogP contribution in [0.15, 0.2) is 45.9 Å². The molecule has 2 aromatic rings. The molecular formula is C18H16N6O4. The highest BCUT2D eigenvalue weighted by atomic mass is 16.6. The molecule has 1 N–H and O–H groups in total. The minimum atomic E-state index is -0.738. The summed E-state index contributed by atoms with van der Waals surface area (Å²) in [6, 6.07) is 13.6. The molecule has 0 aliphatic rings. The number of nitro groups is 1. The van der Waals surface area contributed by atoms with E-state index in [1.165, 1.54) is 12.3 Å². The SMILES string of the molecule is N#CCCN(CCC#N)c1ccc(C=NNC(=O)c2ccc([N+](=O)[O-])o2)cc1. The first-order valence-corrected chi connectivity index (χ1v) is 8.21. The number of hydrazone groups is 1. The van der Waals surface area contributed by atoms with Crippen LogP contribution >= 0.6 is 0 Å². The molecule has 0 saturated heterocycles. The summed E-state index contributed by atoms with van der Waals surface area (Å²) in [5.41, 5.74) is 3.80. The average molecular weight is 380 g/mol. The van der Waals surface area contributed by atoms with Crippen LogP contribution in [0.3, 0.4) is 0 Å². The fourth-order valence-corrected chi connectivity index (χ4v) is 2.28. The molecule has 1 amide bonds. The smallest absolute Gasteiger partial charge is 0.395 e. The van der Waals surface area contributed by atoms with Gasteiger partial charge in [0.1, 0.15) is 4.92 Å². The molecule has 1 heterocycles. The quantitative estimate of drug-likeness (QED) is 0.399. The van der Waals surface area contributed by atoms with Crippen molar-refractivity contribution in [2.24, 2.45) is 5.10 Å². The maximum Gasteiger partial charge on any atom is 0.433 e. The van der Waals surface area contributed by atoms with E-state index in [0.717, 1.165) is 11.8 Å². The second-order valence-electron chi connectivity index (χ2n) is 5.49. The van der Waals surface area contributed by atoms with Gasteiger partial charge in [-0.1, -0.05) is 12.1 Å². The fraction of sp³-hybridized carbons (Fsp3) is 0.222. The first-order chi connectivity index (χ1) is 13.5. The van der Waals surface area contributed by atoms with E-state index in [2.05, 4.69) is 22.7 Å². The van der Waals surface area contributed by atoms with Crippen LogP contribution < -0.4 is 10.3 Å². The monoisotopic (exact) mass is 380 g/mol. The van der Waals surface area contributed by atoms with Gasteiger partial charge >= 0.3 is 11.8 Å². The van der Waals surface area contributed by atoms with Crippen LogP contribution in [-0.4, -0.2) is 30.1 Å². The average Bonchev–Trinajstić information content (AvgIpc) is 3.19. The van der Waals surface area contributed by atoms with Crippen molar-refractivity contribution in [3.05, 3.63) is 57.8 Å². The molecule has 0 radical (unpaired) electrons. The maximum atomic E-state index is 11.8. The van der Waals surface area contributed by atoms with Crippen molar-refractivity contribution in [3.8, 4) is 12.1 Å². The Morgan fingerprint density at radius 1 is 1.18 bits per heavy atom. The van der Waals surface area contributed by atoms with Gasteiger partial charge in [-0.25, -0.2) is 5.43 Å². The lowest BCUT2D eigenvalue weighted by molar-refractivity contribution is -0.402. The lowest BCUT2D eigenvalue weighted by Gasteiger charge is -2.22. The summed E-state index contributed by atoms with van der Waals surface area (Å²) in [5, 5.41) is 31.8. The minimum absolute atomic E-state index is 0.218. The number of carbonyl (C=O) groups is 1. The molecule has 1 aromatic carbocycles. The normalized spacial score (nSPS) is 10.2. The maximum absolute atomic E-state index is 11.8. The largest absolute Gasteiger partial charge is 0.433 e. The molecule has 0 fully saturated rings. The van der Waals surface area contributed by atoms with Crippen molar-refractivity contribution in [2.75, 3.05) is 18.0 Å². The van der Waals surface area contributed by atoms with Crippen molar-refractivity contribution in [1.82, 2.24) is 5.43 Å². The molecule has 0 unspecified atom stereocenters. The van der Waals surface area contributed by atoms with Gasteiger partial charge in [0.2, 0.25) is 5.76 Å². The third-order valence-electron chi connectivity index (χ3n) is 3.62. The first kappa shape index (κ1) is 20.1. The van der Waals surface area contributed by atoms with Gasteiger partial charge in [-0.2, -0.15) is 15.6 Å². The summed E-state index contributed by atoms with van der Waals surface area (Å²) in [7, 11) is 0. The highest BCUT2D eigenvalue weighted by Crippen LogP contribution is 2.16. The third kappa shape index (κ3) is 5.68. The molecule has 28 heavy (non-hydrogen) atoms. The zero-order chi connectivity index (χ0) is 20.4. The van der Waals surface area contributed by atoms with E-state index in [4.69, 9.17) is 14.9 Å². The van der Waals surface area contributed by atoms with Crippen LogP contribution in [-0.2, 0) is 0 Å². The number of rotatable bonds is 9. The number of benzene rings is 1. The molecular weight excluding hydrogens is 364 g/mol. The molecule has 0 aliphatic heterocycles. The van der Waals surface area contributed by atoms with Crippen molar-refractivity contribution in [2.45, 2.75) is 12.8 Å². The molecule has 0 saturated carbocycles. The third-order valence-corrected chi connectivity index (χ3v) is 3.62. The second kappa shape index (κ2) is 10.1. The molecule has 0 aliphatic carbocycles. The molecule has 2 rings (SSSR count). The topological polar surface area (TPSA) is 149 Å². The van der Waals surface area contributed by atoms with E-state index in [1.807, 2.05) is 17.0 Å². The Morgan fingerprint density at radius 3 is 2.36 bits per heavy atom. The Morgan fingerprint density at radius 2 is 1.82 bits per heavy atom. The number of hydrogen-bond acceptors (Lipinski definition) is 8. The van der Waals surface area contributed by atoms with Gasteiger partial charge in [-0.3, -0.25) is 14.9 Å². The zero-order valence-corrected chi connectivity index (χ0v) is 14.7. The number of nitrogens with zero attached hydrogens (tertiary/aromatic N) is 5. The van der Waals surface area contributed by atoms with Gasteiger partial charge in [0.05, 0.1) is 37.3 Å². The number of hydrogen-bond donors (Lipinski definition) is 1. The molecule has 0 bridgehead atoms. The van der Waals surface area contributed by atoms with E-state index < -0.39 is 16.7 Å². The highest BCUT2D eigenvalue weighted by molar-refractivity contribution is 5.92. The predicted octanol–water partition coefficient (Wildman–Crippen LogP) is 2.59. The predicted molar refractivity (Wildman–Crippen MR) is 99.5 cm³/mol. The fourth-order valence-electron chi connectivity index (χ4n) is 2.28. The van der Waals surface area contributed by atoms with Crippen LogP contribution in [0.25, 0.3) is 0 Å². The van der Waals surface area contributed by atoms with Crippen LogP contribution in [0.4, 0.5) is 11.6 Å². The summed E-state index contributed by atoms with van der Waals surface area (Å²) in [4.78, 5) is 23.6. The molecule has 10 nitrogen and oxygen atoms in total. The summed E-state index contributed by atoms with van der Waals surface area (Å²) in [6.07, 6.45) is 2.12. The van der Waals surface area contributed by atoms with E-state index >= 15 is 0 Å². The highest BCUT2D eigenvalue weighted by Gasteiger charge is 2.16. The lowest BCUT2D eigenvalue weighted by Crippen LogP contribution is -2.25. The van der Waals surface area contributed by atoms with Crippen molar-refractivity contribution >= 4 is 23.7 Å². The van der Waals surface area contributed by atoms with Crippen molar-refractivity contribution < 1.29 is 14.1 Å². The number of carbonyl (C=O) groups excluding carboxylic acids is 1. The number of amides is 1. The Kier molecular flexibility index (Phi) is 7.25. The van der Waals surface area contributed by atoms with Gasteiger partial charge in [-0.15, -0.1) is 0 Å². The van der Waals surface area contributed by atoms with Gasteiger partial charge in [0.25, 0.3) is 0 Å². The lowest BCUT2D eigenvalue weighted by atomic mass is 10.2. The van der Waals surface area contributed by atoms with E-state index in [1.54, 1.807) is 12.1 Å². The number of nitriles is 2. The van der Waals surface area contributed by atoms with Gasteiger partial charge in [0, 0.05) is 18.8 Å². The van der Waals surface area contributed by atoms with Gasteiger partial charge < -0.3 is 9.32 Å². The number of furan rings is 1. The molecule has 142 valence electrons.